The number of rotatable bonds is 5. The molecule has 3 rings (SSSR count). The number of esters is 1. The van der Waals surface area contributed by atoms with E-state index in [2.05, 4.69) is 10.2 Å². The Labute approximate surface area is 164 Å². The minimum atomic E-state index is -4.40. The highest BCUT2D eigenvalue weighted by Gasteiger charge is 2.29. The van der Waals surface area contributed by atoms with Crippen LogP contribution in [0.1, 0.15) is 35.6 Å². The topological polar surface area (TPSA) is 65.2 Å². The standard InChI is InChI=1S/C21H17F3N2O3/c1-13-3-8-16(9-4-13)20-26-25-19(29-20)14(2)28-18(27)12-7-15-5-10-17(11-6-15)21(22,23)24/h3-12,14H,1-2H3/b12-7+/t14-/m1/s1. The van der Waals surface area contributed by atoms with Gasteiger partial charge in [-0.05, 0) is 49.8 Å². The van der Waals surface area contributed by atoms with Gasteiger partial charge in [0.05, 0.1) is 5.56 Å². The second kappa shape index (κ2) is 8.30. The summed E-state index contributed by atoms with van der Waals surface area (Å²) in [6.45, 7) is 3.54. The molecule has 0 N–H and O–H groups in total. The van der Waals surface area contributed by atoms with Gasteiger partial charge < -0.3 is 9.15 Å². The molecule has 5 nitrogen and oxygen atoms in total. The minimum absolute atomic E-state index is 0.136. The first-order valence-corrected chi connectivity index (χ1v) is 8.69. The SMILES string of the molecule is Cc1ccc(-c2nnc([C@@H](C)OC(=O)/C=C/c3ccc(C(F)(F)F)cc3)o2)cc1. The number of nitrogens with zero attached hydrogens (tertiary/aromatic N) is 2. The zero-order chi connectivity index (χ0) is 21.0. The Morgan fingerprint density at radius 3 is 2.34 bits per heavy atom. The maximum atomic E-state index is 12.6. The number of ether oxygens (including phenoxy) is 1. The zero-order valence-electron chi connectivity index (χ0n) is 15.6. The molecule has 0 bridgehead atoms. The van der Waals surface area contributed by atoms with E-state index in [4.69, 9.17) is 9.15 Å². The predicted molar refractivity (Wildman–Crippen MR) is 99.5 cm³/mol. The lowest BCUT2D eigenvalue weighted by atomic mass is 10.1. The van der Waals surface area contributed by atoms with E-state index in [1.54, 1.807) is 6.92 Å². The molecule has 0 aliphatic rings. The van der Waals surface area contributed by atoms with Gasteiger partial charge >= 0.3 is 12.1 Å². The molecule has 0 unspecified atom stereocenters. The quantitative estimate of drug-likeness (QED) is 0.423. The van der Waals surface area contributed by atoms with Gasteiger partial charge in [-0.1, -0.05) is 29.8 Å². The number of hydrogen-bond donors (Lipinski definition) is 0. The molecule has 0 amide bonds. The van der Waals surface area contributed by atoms with Gasteiger partial charge in [-0.15, -0.1) is 10.2 Å². The summed E-state index contributed by atoms with van der Waals surface area (Å²) in [7, 11) is 0. The van der Waals surface area contributed by atoms with E-state index in [9.17, 15) is 18.0 Å². The van der Waals surface area contributed by atoms with Crippen LogP contribution in [0.5, 0.6) is 0 Å². The molecule has 0 fully saturated rings. The number of halogens is 3. The van der Waals surface area contributed by atoms with E-state index in [0.717, 1.165) is 29.3 Å². The van der Waals surface area contributed by atoms with Crippen molar-refractivity contribution in [3.8, 4) is 11.5 Å². The van der Waals surface area contributed by atoms with Gasteiger partial charge in [0.25, 0.3) is 5.89 Å². The Morgan fingerprint density at radius 2 is 1.72 bits per heavy atom. The molecule has 0 saturated carbocycles. The van der Waals surface area contributed by atoms with E-state index in [-0.39, 0.29) is 5.89 Å². The number of benzene rings is 2. The monoisotopic (exact) mass is 402 g/mol. The summed E-state index contributed by atoms with van der Waals surface area (Å²) in [4.78, 5) is 12.0. The molecule has 0 spiro atoms. The van der Waals surface area contributed by atoms with E-state index in [1.165, 1.54) is 18.2 Å². The van der Waals surface area contributed by atoms with Crippen LogP contribution in [-0.4, -0.2) is 16.2 Å². The minimum Gasteiger partial charge on any atom is -0.449 e. The van der Waals surface area contributed by atoms with Gasteiger partial charge in [0.1, 0.15) is 0 Å². The summed E-state index contributed by atoms with van der Waals surface area (Å²) in [5.41, 5.74) is 1.51. The number of aryl methyl sites for hydroxylation is 1. The molecule has 1 atom stereocenters. The lowest BCUT2D eigenvalue weighted by Gasteiger charge is -2.07. The van der Waals surface area contributed by atoms with Crippen molar-refractivity contribution in [2.75, 3.05) is 0 Å². The number of hydrogen-bond acceptors (Lipinski definition) is 5. The molecule has 0 saturated heterocycles. The van der Waals surface area contributed by atoms with Crippen LogP contribution in [0.15, 0.2) is 59.0 Å². The average Bonchev–Trinajstić information content (AvgIpc) is 3.17. The molecule has 1 aromatic heterocycles. The Morgan fingerprint density at radius 1 is 1.07 bits per heavy atom. The van der Waals surface area contributed by atoms with Gasteiger partial charge in [-0.25, -0.2) is 4.79 Å². The van der Waals surface area contributed by atoms with Crippen LogP contribution in [0.2, 0.25) is 0 Å². The van der Waals surface area contributed by atoms with Crippen molar-refractivity contribution in [3.63, 3.8) is 0 Å². The molecule has 8 heteroatoms. The largest absolute Gasteiger partial charge is 0.449 e. The smallest absolute Gasteiger partial charge is 0.416 e. The molecule has 1 heterocycles. The van der Waals surface area contributed by atoms with Crippen LogP contribution in [-0.2, 0) is 15.7 Å². The molecule has 0 aliphatic heterocycles. The second-order valence-corrected chi connectivity index (χ2v) is 6.34. The number of carbonyl (C=O) groups excluding carboxylic acids is 1. The van der Waals surface area contributed by atoms with Crippen LogP contribution >= 0.6 is 0 Å². The molecular formula is C21H17F3N2O3. The molecule has 0 radical (unpaired) electrons. The average molecular weight is 402 g/mol. The first-order chi connectivity index (χ1) is 13.7. The summed E-state index contributed by atoms with van der Waals surface area (Å²) in [5.74, 6) is -0.243. The highest BCUT2D eigenvalue weighted by atomic mass is 19.4. The molecule has 0 aliphatic carbocycles. The van der Waals surface area contributed by atoms with Crippen LogP contribution in [0.25, 0.3) is 17.5 Å². The van der Waals surface area contributed by atoms with Crippen molar-refractivity contribution in [3.05, 3.63) is 77.2 Å². The fourth-order valence-electron chi connectivity index (χ4n) is 2.42. The van der Waals surface area contributed by atoms with E-state index < -0.39 is 23.8 Å². The fourth-order valence-corrected chi connectivity index (χ4v) is 2.42. The van der Waals surface area contributed by atoms with Crippen molar-refractivity contribution in [2.24, 2.45) is 0 Å². The number of carbonyl (C=O) groups is 1. The summed E-state index contributed by atoms with van der Waals surface area (Å²) >= 11 is 0. The lowest BCUT2D eigenvalue weighted by molar-refractivity contribution is -0.143. The van der Waals surface area contributed by atoms with Gasteiger partial charge in [0.2, 0.25) is 5.89 Å². The van der Waals surface area contributed by atoms with Crippen molar-refractivity contribution >= 4 is 12.0 Å². The third-order valence-electron chi connectivity index (χ3n) is 4.03. The molecule has 2 aromatic carbocycles. The van der Waals surface area contributed by atoms with Crippen molar-refractivity contribution in [2.45, 2.75) is 26.1 Å². The molecule has 29 heavy (non-hydrogen) atoms. The third kappa shape index (κ3) is 5.31. The van der Waals surface area contributed by atoms with Gasteiger partial charge in [0.15, 0.2) is 6.10 Å². The zero-order valence-corrected chi connectivity index (χ0v) is 15.6. The number of alkyl halides is 3. The van der Waals surface area contributed by atoms with Crippen molar-refractivity contribution in [1.82, 2.24) is 10.2 Å². The maximum absolute atomic E-state index is 12.6. The molecule has 3 aromatic rings. The summed E-state index contributed by atoms with van der Waals surface area (Å²) in [6.07, 6.45) is -2.71. The van der Waals surface area contributed by atoms with E-state index in [1.807, 2.05) is 31.2 Å². The van der Waals surface area contributed by atoms with Crippen molar-refractivity contribution < 1.29 is 27.1 Å². The van der Waals surface area contributed by atoms with Crippen LogP contribution < -0.4 is 0 Å². The maximum Gasteiger partial charge on any atom is 0.416 e. The predicted octanol–water partition coefficient (Wildman–Crippen LogP) is 5.38. The van der Waals surface area contributed by atoms with Crippen LogP contribution in [0, 0.1) is 6.92 Å². The Balaban J connectivity index is 1.60. The summed E-state index contributed by atoms with van der Waals surface area (Å²) < 4.78 is 48.4. The van der Waals surface area contributed by atoms with Gasteiger partial charge in [-0.2, -0.15) is 13.2 Å². The highest BCUT2D eigenvalue weighted by molar-refractivity contribution is 5.87. The second-order valence-electron chi connectivity index (χ2n) is 6.34. The summed E-state index contributed by atoms with van der Waals surface area (Å²) in [6, 6.07) is 11.9. The van der Waals surface area contributed by atoms with E-state index in [0.29, 0.717) is 11.5 Å². The van der Waals surface area contributed by atoms with Crippen LogP contribution in [0.3, 0.4) is 0 Å². The fraction of sp³-hybridized carbons (Fsp3) is 0.190. The van der Waals surface area contributed by atoms with Crippen molar-refractivity contribution in [1.29, 1.82) is 0 Å². The van der Waals surface area contributed by atoms with Gasteiger partial charge in [0, 0.05) is 11.6 Å². The Bertz CT molecular complexity index is 1010. The Kier molecular flexibility index (Phi) is 5.81. The summed E-state index contributed by atoms with van der Waals surface area (Å²) in [5, 5.41) is 7.84. The first kappa shape index (κ1) is 20.3. The lowest BCUT2D eigenvalue weighted by Crippen LogP contribution is -2.06. The molecule has 150 valence electrons. The van der Waals surface area contributed by atoms with E-state index >= 15 is 0 Å². The molecular weight excluding hydrogens is 385 g/mol. The number of aromatic nitrogens is 2. The first-order valence-electron chi connectivity index (χ1n) is 8.69. The van der Waals surface area contributed by atoms with Gasteiger partial charge in [-0.3, -0.25) is 0 Å². The highest BCUT2D eigenvalue weighted by Crippen LogP contribution is 2.29. The normalized spacial score (nSPS) is 12.9. The van der Waals surface area contributed by atoms with Crippen LogP contribution in [0.4, 0.5) is 13.2 Å². The third-order valence-corrected chi connectivity index (χ3v) is 4.03. The Hall–Kier alpha value is -3.42.